The Balaban J connectivity index is 1.70. The van der Waals surface area contributed by atoms with Gasteiger partial charge in [0.1, 0.15) is 0 Å². The second kappa shape index (κ2) is 8.32. The van der Waals surface area contributed by atoms with Crippen LogP contribution in [0.15, 0.2) is 12.1 Å². The van der Waals surface area contributed by atoms with Crippen LogP contribution in [-0.4, -0.2) is 6.54 Å². The molecule has 22 heavy (non-hydrogen) atoms. The van der Waals surface area contributed by atoms with Crippen molar-refractivity contribution in [2.24, 2.45) is 0 Å². The minimum absolute atomic E-state index is 0.237. The zero-order valence-corrected chi connectivity index (χ0v) is 16.0. The van der Waals surface area contributed by atoms with Crippen LogP contribution < -0.4 is 10.3 Å². The van der Waals surface area contributed by atoms with Gasteiger partial charge in [-0.25, -0.2) is 0 Å². The van der Waals surface area contributed by atoms with Gasteiger partial charge in [0, 0.05) is 26.9 Å². The molecule has 0 saturated carbocycles. The Morgan fingerprint density at radius 3 is 2.32 bits per heavy atom. The quantitative estimate of drug-likeness (QED) is 0.415. The Hall–Kier alpha value is -0.580. The lowest BCUT2D eigenvalue weighted by molar-refractivity contribution is 0.200. The highest BCUT2D eigenvalue weighted by molar-refractivity contribution is 7.28. The van der Waals surface area contributed by atoms with Crippen molar-refractivity contribution in [3.05, 3.63) is 17.0 Å². The van der Waals surface area contributed by atoms with E-state index in [1.807, 2.05) is 11.3 Å². The largest absolute Gasteiger partial charge is 0.398 e. The molecule has 0 fully saturated rings. The van der Waals surface area contributed by atoms with Crippen LogP contribution in [-0.2, 0) is 5.41 Å². The minimum Gasteiger partial charge on any atom is -0.398 e. The van der Waals surface area contributed by atoms with Gasteiger partial charge in [-0.3, -0.25) is 0 Å². The molecule has 0 atom stereocenters. The summed E-state index contributed by atoms with van der Waals surface area (Å²) < 4.78 is 2.68. The van der Waals surface area contributed by atoms with Crippen LogP contribution in [0.4, 0.5) is 0 Å². The summed E-state index contributed by atoms with van der Waals surface area (Å²) in [7, 11) is 0. The molecule has 4 heteroatoms. The number of rotatable bonds is 9. The molecule has 2 aromatic heterocycles. The summed E-state index contributed by atoms with van der Waals surface area (Å²) in [4.78, 5) is 7.12. The monoisotopic (exact) mass is 339 g/mol. The fourth-order valence-corrected chi connectivity index (χ4v) is 4.61. The van der Waals surface area contributed by atoms with Crippen LogP contribution in [0.2, 0.25) is 0 Å². The zero-order valence-electron chi connectivity index (χ0n) is 14.3. The Bertz CT molecular complexity index is 534. The predicted octanol–water partition coefficient (Wildman–Crippen LogP) is 6.50. The van der Waals surface area contributed by atoms with Gasteiger partial charge in [-0.05, 0) is 17.9 Å². The second-order valence-corrected chi connectivity index (χ2v) is 9.05. The molecule has 0 unspecified atom stereocenters. The van der Waals surface area contributed by atoms with Gasteiger partial charge in [0.05, 0.1) is 0 Å². The number of nitrogens with one attached hydrogen (secondary N) is 1. The smallest absolute Gasteiger partial charge is 0.202 e. The van der Waals surface area contributed by atoms with Crippen LogP contribution in [0.3, 0.4) is 0 Å². The van der Waals surface area contributed by atoms with E-state index in [0.29, 0.717) is 0 Å². The molecule has 0 aliphatic carbocycles. The summed E-state index contributed by atoms with van der Waals surface area (Å²) in [6.07, 6.45) is 7.89. The van der Waals surface area contributed by atoms with Gasteiger partial charge in [0.2, 0.25) is 5.06 Å². The average Bonchev–Trinajstić information content (AvgIpc) is 2.99. The highest BCUT2D eigenvalue weighted by Gasteiger charge is 2.18. The maximum absolute atomic E-state index is 5.68. The maximum atomic E-state index is 5.68. The van der Waals surface area contributed by atoms with Crippen LogP contribution in [0, 0.1) is 0 Å². The first-order chi connectivity index (χ1) is 10.5. The standard InChI is InChI=1S/C18H29NOS2/c1-5-6-7-8-9-10-11-19-20-17-13-15-14(22-17)12-16(21-15)18(2,3)4/h12-13,19H,5-11H2,1-4H3. The Morgan fingerprint density at radius 1 is 0.955 bits per heavy atom. The van der Waals surface area contributed by atoms with Crippen molar-refractivity contribution in [1.82, 2.24) is 5.48 Å². The maximum Gasteiger partial charge on any atom is 0.202 e. The number of fused-ring (bicyclic) bond motifs is 1. The molecule has 0 amide bonds. The van der Waals surface area contributed by atoms with E-state index in [1.54, 1.807) is 11.3 Å². The van der Waals surface area contributed by atoms with Crippen LogP contribution in [0.1, 0.15) is 71.1 Å². The number of thiophene rings is 2. The number of hydroxylamine groups is 1. The van der Waals surface area contributed by atoms with E-state index < -0.39 is 0 Å². The Labute approximate surface area is 142 Å². The molecule has 2 nitrogen and oxygen atoms in total. The summed E-state index contributed by atoms with van der Waals surface area (Å²) in [5.41, 5.74) is 3.34. The molecule has 2 rings (SSSR count). The highest BCUT2D eigenvalue weighted by Crippen LogP contribution is 2.41. The lowest BCUT2D eigenvalue weighted by atomic mass is 9.95. The van der Waals surface area contributed by atoms with Gasteiger partial charge in [-0.15, -0.1) is 11.3 Å². The van der Waals surface area contributed by atoms with Crippen molar-refractivity contribution in [3.63, 3.8) is 0 Å². The third kappa shape index (κ3) is 5.25. The summed E-state index contributed by atoms with van der Waals surface area (Å²) in [6, 6.07) is 4.47. The van der Waals surface area contributed by atoms with Crippen molar-refractivity contribution < 1.29 is 4.84 Å². The highest BCUT2D eigenvalue weighted by atomic mass is 32.1. The van der Waals surface area contributed by atoms with Gasteiger partial charge in [-0.1, -0.05) is 71.1 Å². The van der Waals surface area contributed by atoms with Crippen molar-refractivity contribution >= 4 is 32.1 Å². The van der Waals surface area contributed by atoms with Crippen molar-refractivity contribution in [2.45, 2.75) is 71.6 Å². The van der Waals surface area contributed by atoms with E-state index in [9.17, 15) is 0 Å². The Kier molecular flexibility index (Phi) is 6.72. The van der Waals surface area contributed by atoms with Gasteiger partial charge in [0.15, 0.2) is 0 Å². The van der Waals surface area contributed by atoms with Crippen LogP contribution in [0.25, 0.3) is 9.40 Å². The van der Waals surface area contributed by atoms with Crippen molar-refractivity contribution in [3.8, 4) is 5.06 Å². The molecule has 2 aromatic rings. The summed E-state index contributed by atoms with van der Waals surface area (Å²) >= 11 is 3.62. The number of unbranched alkanes of at least 4 members (excludes halogenated alkanes) is 5. The van der Waals surface area contributed by atoms with Crippen LogP contribution in [0.5, 0.6) is 5.06 Å². The molecule has 1 N–H and O–H groups in total. The predicted molar refractivity (Wildman–Crippen MR) is 100 cm³/mol. The molecule has 2 heterocycles. The lowest BCUT2D eigenvalue weighted by Gasteiger charge is -2.15. The first kappa shape index (κ1) is 17.8. The summed E-state index contributed by atoms with van der Waals surface area (Å²) in [6.45, 7) is 9.99. The lowest BCUT2D eigenvalue weighted by Crippen LogP contribution is -2.18. The second-order valence-electron chi connectivity index (χ2n) is 6.92. The molecular weight excluding hydrogens is 310 g/mol. The van der Waals surface area contributed by atoms with E-state index in [2.05, 4.69) is 45.3 Å². The van der Waals surface area contributed by atoms with E-state index >= 15 is 0 Å². The van der Waals surface area contributed by atoms with Gasteiger partial charge < -0.3 is 4.84 Å². The third-order valence-corrected chi connectivity index (χ3v) is 6.33. The normalized spacial score (nSPS) is 12.2. The molecule has 0 saturated heterocycles. The zero-order chi connectivity index (χ0) is 16.0. The number of hydrogen-bond donors (Lipinski definition) is 1. The molecule has 0 aliphatic heterocycles. The molecule has 124 valence electrons. The molecule has 0 spiro atoms. The van der Waals surface area contributed by atoms with Gasteiger partial charge in [-0.2, -0.15) is 5.48 Å². The van der Waals surface area contributed by atoms with Crippen molar-refractivity contribution in [2.75, 3.05) is 6.54 Å². The van der Waals surface area contributed by atoms with Crippen LogP contribution >= 0.6 is 22.7 Å². The van der Waals surface area contributed by atoms with E-state index in [-0.39, 0.29) is 5.41 Å². The first-order valence-corrected chi connectivity index (χ1v) is 10.1. The average molecular weight is 340 g/mol. The van der Waals surface area contributed by atoms with Gasteiger partial charge >= 0.3 is 0 Å². The fourth-order valence-electron chi connectivity index (χ4n) is 2.33. The first-order valence-electron chi connectivity index (χ1n) is 8.44. The number of hydrogen-bond acceptors (Lipinski definition) is 4. The fraction of sp³-hybridized carbons (Fsp3) is 0.667. The van der Waals surface area contributed by atoms with E-state index in [1.165, 1.54) is 52.8 Å². The minimum atomic E-state index is 0.237. The SMILES string of the molecule is CCCCCCCCNOc1cc2sc(C(C)(C)C)cc2s1. The van der Waals surface area contributed by atoms with Crippen molar-refractivity contribution in [1.29, 1.82) is 0 Å². The molecular formula is C18H29NOS2. The molecule has 0 aliphatic rings. The molecule has 0 aromatic carbocycles. The van der Waals surface area contributed by atoms with Gasteiger partial charge in [0.25, 0.3) is 0 Å². The van der Waals surface area contributed by atoms with E-state index in [4.69, 9.17) is 4.84 Å². The Morgan fingerprint density at radius 2 is 1.64 bits per heavy atom. The van der Waals surface area contributed by atoms with E-state index in [0.717, 1.165) is 11.6 Å². The molecule has 0 radical (unpaired) electrons. The molecule has 0 bridgehead atoms. The summed E-state index contributed by atoms with van der Waals surface area (Å²) in [5.74, 6) is 0. The third-order valence-electron chi connectivity index (χ3n) is 3.73. The summed E-state index contributed by atoms with van der Waals surface area (Å²) in [5, 5.41) is 0.979. The topological polar surface area (TPSA) is 21.3 Å².